The molecule has 0 spiro atoms. The zero-order valence-electron chi connectivity index (χ0n) is 9.01. The first-order valence-electron chi connectivity index (χ1n) is 5.37. The number of hydrogen-bond donors (Lipinski definition) is 0. The van der Waals surface area contributed by atoms with Gasteiger partial charge < -0.3 is 0 Å². The third kappa shape index (κ3) is 2.58. The van der Waals surface area contributed by atoms with E-state index in [2.05, 4.69) is 45.0 Å². The smallest absolute Gasteiger partial charge is 0.0188 e. The summed E-state index contributed by atoms with van der Waals surface area (Å²) < 4.78 is 0. The van der Waals surface area contributed by atoms with Gasteiger partial charge in [0.2, 0.25) is 0 Å². The van der Waals surface area contributed by atoms with E-state index in [9.17, 15) is 0 Å². The van der Waals surface area contributed by atoms with E-state index in [4.69, 9.17) is 0 Å². The van der Waals surface area contributed by atoms with Gasteiger partial charge in [-0.3, -0.25) is 0 Å². The summed E-state index contributed by atoms with van der Waals surface area (Å²) in [5.41, 5.74) is 3.07. The lowest BCUT2D eigenvalue weighted by molar-refractivity contribution is 0.659. The molecule has 0 radical (unpaired) electrons. The summed E-state index contributed by atoms with van der Waals surface area (Å²) in [6, 6.07) is 8.82. The minimum absolute atomic E-state index is 0.723. The van der Waals surface area contributed by atoms with Crippen molar-refractivity contribution in [3.05, 3.63) is 35.4 Å². The molecule has 0 fully saturated rings. The van der Waals surface area contributed by atoms with Gasteiger partial charge in [-0.1, -0.05) is 51.5 Å². The van der Waals surface area contributed by atoms with Crippen LogP contribution in [0.5, 0.6) is 0 Å². The van der Waals surface area contributed by atoms with Gasteiger partial charge in [0.1, 0.15) is 0 Å². The van der Waals surface area contributed by atoms with Crippen LogP contribution in [0.25, 0.3) is 0 Å². The molecule has 0 saturated carbocycles. The molecule has 13 heavy (non-hydrogen) atoms. The van der Waals surface area contributed by atoms with Crippen LogP contribution in [0.2, 0.25) is 0 Å². The van der Waals surface area contributed by atoms with Gasteiger partial charge in [0.15, 0.2) is 0 Å². The Labute approximate surface area is 82.0 Å². The van der Waals surface area contributed by atoms with E-state index >= 15 is 0 Å². The van der Waals surface area contributed by atoms with Gasteiger partial charge in [-0.05, 0) is 29.9 Å². The van der Waals surface area contributed by atoms with Crippen LogP contribution in [0.3, 0.4) is 0 Å². The highest BCUT2D eigenvalue weighted by Crippen LogP contribution is 2.24. The second kappa shape index (κ2) is 5.06. The third-order valence-electron chi connectivity index (χ3n) is 2.69. The summed E-state index contributed by atoms with van der Waals surface area (Å²) in [5.74, 6) is 0.723. The molecule has 0 N–H and O–H groups in total. The summed E-state index contributed by atoms with van der Waals surface area (Å²) >= 11 is 0. The molecule has 0 aliphatic carbocycles. The van der Waals surface area contributed by atoms with Crippen molar-refractivity contribution in [2.24, 2.45) is 0 Å². The molecular formula is C13H20. The van der Waals surface area contributed by atoms with Crippen LogP contribution in [0.4, 0.5) is 0 Å². The minimum atomic E-state index is 0.723. The van der Waals surface area contributed by atoms with Crippen LogP contribution >= 0.6 is 0 Å². The van der Waals surface area contributed by atoms with Gasteiger partial charge in [-0.15, -0.1) is 0 Å². The molecule has 1 rings (SSSR count). The lowest BCUT2D eigenvalue weighted by atomic mass is 9.91. The first-order chi connectivity index (χ1) is 6.29. The second-order valence-electron chi connectivity index (χ2n) is 3.74. The Balaban J connectivity index is 2.85. The van der Waals surface area contributed by atoms with E-state index in [1.54, 1.807) is 5.56 Å². The Morgan fingerprint density at radius 2 is 1.85 bits per heavy atom. The van der Waals surface area contributed by atoms with Gasteiger partial charge >= 0.3 is 0 Å². The van der Waals surface area contributed by atoms with Crippen LogP contribution in [0, 0.1) is 0 Å². The molecule has 0 heterocycles. The van der Waals surface area contributed by atoms with Gasteiger partial charge in [0.25, 0.3) is 0 Å². The highest BCUT2D eigenvalue weighted by Gasteiger charge is 2.07. The quantitative estimate of drug-likeness (QED) is 0.646. The van der Waals surface area contributed by atoms with E-state index in [-0.39, 0.29) is 0 Å². The van der Waals surface area contributed by atoms with E-state index in [0.29, 0.717) is 0 Å². The van der Waals surface area contributed by atoms with Gasteiger partial charge in [0, 0.05) is 0 Å². The molecule has 0 saturated heterocycles. The maximum Gasteiger partial charge on any atom is -0.0188 e. The zero-order valence-corrected chi connectivity index (χ0v) is 9.01. The number of hydrogen-bond acceptors (Lipinski definition) is 0. The second-order valence-corrected chi connectivity index (χ2v) is 3.74. The van der Waals surface area contributed by atoms with Crippen molar-refractivity contribution in [1.82, 2.24) is 0 Å². The Morgan fingerprint density at radius 1 is 1.15 bits per heavy atom. The van der Waals surface area contributed by atoms with E-state index < -0.39 is 0 Å². The van der Waals surface area contributed by atoms with Gasteiger partial charge in [-0.25, -0.2) is 0 Å². The van der Waals surface area contributed by atoms with E-state index in [1.807, 2.05) is 0 Å². The van der Waals surface area contributed by atoms with Gasteiger partial charge in [0.05, 0.1) is 0 Å². The average Bonchev–Trinajstić information content (AvgIpc) is 2.18. The molecule has 1 aromatic rings. The standard InChI is InChI=1S/C13H20/c1-4-8-11(3)13-10-7-6-9-12(13)5-2/h6-7,9-11H,4-5,8H2,1-3H3. The monoisotopic (exact) mass is 176 g/mol. The average molecular weight is 176 g/mol. The summed E-state index contributed by atoms with van der Waals surface area (Å²) in [5, 5.41) is 0. The van der Waals surface area contributed by atoms with Crippen LogP contribution in [0.15, 0.2) is 24.3 Å². The van der Waals surface area contributed by atoms with Crippen molar-refractivity contribution in [2.45, 2.75) is 46.0 Å². The molecule has 1 aromatic carbocycles. The van der Waals surface area contributed by atoms with Crippen LogP contribution in [0.1, 0.15) is 50.7 Å². The molecule has 0 bridgehead atoms. The van der Waals surface area contributed by atoms with Crippen molar-refractivity contribution in [1.29, 1.82) is 0 Å². The fraction of sp³-hybridized carbons (Fsp3) is 0.538. The minimum Gasteiger partial charge on any atom is -0.0654 e. The topological polar surface area (TPSA) is 0 Å². The number of aryl methyl sites for hydroxylation is 1. The van der Waals surface area contributed by atoms with E-state index in [0.717, 1.165) is 12.3 Å². The molecule has 0 nitrogen and oxygen atoms in total. The van der Waals surface area contributed by atoms with Crippen molar-refractivity contribution in [2.75, 3.05) is 0 Å². The first-order valence-corrected chi connectivity index (χ1v) is 5.37. The highest BCUT2D eigenvalue weighted by atomic mass is 14.1. The number of rotatable bonds is 4. The molecule has 0 aliphatic rings. The van der Waals surface area contributed by atoms with Crippen molar-refractivity contribution in [3.8, 4) is 0 Å². The summed E-state index contributed by atoms with van der Waals surface area (Å²) in [7, 11) is 0. The SMILES string of the molecule is CCCC(C)c1ccccc1CC. The van der Waals surface area contributed by atoms with Crippen LogP contribution < -0.4 is 0 Å². The lowest BCUT2D eigenvalue weighted by Gasteiger charge is -2.14. The number of benzene rings is 1. The lowest BCUT2D eigenvalue weighted by Crippen LogP contribution is -1.97. The molecule has 0 aromatic heterocycles. The largest absolute Gasteiger partial charge is 0.0654 e. The van der Waals surface area contributed by atoms with Crippen molar-refractivity contribution >= 4 is 0 Å². The van der Waals surface area contributed by atoms with Crippen LogP contribution in [-0.2, 0) is 6.42 Å². The fourth-order valence-electron chi connectivity index (χ4n) is 1.93. The van der Waals surface area contributed by atoms with Gasteiger partial charge in [-0.2, -0.15) is 0 Å². The predicted molar refractivity (Wildman–Crippen MR) is 59.1 cm³/mol. The van der Waals surface area contributed by atoms with Crippen molar-refractivity contribution < 1.29 is 0 Å². The highest BCUT2D eigenvalue weighted by molar-refractivity contribution is 5.29. The van der Waals surface area contributed by atoms with Crippen LogP contribution in [-0.4, -0.2) is 0 Å². The van der Waals surface area contributed by atoms with Crippen molar-refractivity contribution in [3.63, 3.8) is 0 Å². The Morgan fingerprint density at radius 3 is 2.46 bits per heavy atom. The summed E-state index contributed by atoms with van der Waals surface area (Å²) in [6.07, 6.45) is 3.74. The normalized spacial score (nSPS) is 12.8. The third-order valence-corrected chi connectivity index (χ3v) is 2.69. The predicted octanol–water partition coefficient (Wildman–Crippen LogP) is 4.15. The Bertz CT molecular complexity index is 250. The molecule has 72 valence electrons. The maximum atomic E-state index is 2.33. The zero-order chi connectivity index (χ0) is 9.68. The Hall–Kier alpha value is -0.780. The summed E-state index contributed by atoms with van der Waals surface area (Å²) in [6.45, 7) is 6.82. The Kier molecular flexibility index (Phi) is 4.01. The molecular weight excluding hydrogens is 156 g/mol. The molecule has 0 amide bonds. The fourth-order valence-corrected chi connectivity index (χ4v) is 1.93. The maximum absolute atomic E-state index is 2.33. The molecule has 0 heteroatoms. The first kappa shape index (κ1) is 10.3. The molecule has 1 unspecified atom stereocenters. The molecule has 1 atom stereocenters. The van der Waals surface area contributed by atoms with E-state index in [1.165, 1.54) is 18.4 Å². The molecule has 0 aliphatic heterocycles. The summed E-state index contributed by atoms with van der Waals surface area (Å²) in [4.78, 5) is 0.